The average Bonchev–Trinajstić information content (AvgIpc) is 2.46. The van der Waals surface area contributed by atoms with Gasteiger partial charge in [-0.25, -0.2) is 4.39 Å². The standard InChI is InChI=1S/C17H19BrFNO/c1-3-13(20)9-12-7-8-15(14(18)10-12)21-16-6-4-5-11(2)17(16)19/h4-8,10,13H,3,9,20H2,1-2H3. The largest absolute Gasteiger partial charge is 0.453 e. The number of rotatable bonds is 5. The van der Waals surface area contributed by atoms with Crippen LogP contribution in [-0.2, 0) is 6.42 Å². The minimum atomic E-state index is -0.332. The van der Waals surface area contributed by atoms with Gasteiger partial charge in [0.15, 0.2) is 11.6 Å². The lowest BCUT2D eigenvalue weighted by Gasteiger charge is -2.12. The Balaban J connectivity index is 2.19. The van der Waals surface area contributed by atoms with Gasteiger partial charge in [-0.3, -0.25) is 0 Å². The Hall–Kier alpha value is -1.39. The van der Waals surface area contributed by atoms with Crippen molar-refractivity contribution in [3.05, 3.63) is 57.8 Å². The van der Waals surface area contributed by atoms with Gasteiger partial charge >= 0.3 is 0 Å². The molecular weight excluding hydrogens is 333 g/mol. The van der Waals surface area contributed by atoms with E-state index in [4.69, 9.17) is 10.5 Å². The summed E-state index contributed by atoms with van der Waals surface area (Å²) in [4.78, 5) is 0. The van der Waals surface area contributed by atoms with Gasteiger partial charge < -0.3 is 10.5 Å². The second-order valence-corrected chi connectivity index (χ2v) is 5.98. The van der Waals surface area contributed by atoms with E-state index in [1.54, 1.807) is 25.1 Å². The zero-order chi connectivity index (χ0) is 15.4. The normalized spacial score (nSPS) is 12.2. The number of benzene rings is 2. The molecule has 1 unspecified atom stereocenters. The Morgan fingerprint density at radius 1 is 1.24 bits per heavy atom. The molecule has 0 radical (unpaired) electrons. The van der Waals surface area contributed by atoms with Crippen LogP contribution in [0.3, 0.4) is 0 Å². The van der Waals surface area contributed by atoms with E-state index in [2.05, 4.69) is 22.9 Å². The molecule has 0 saturated heterocycles. The van der Waals surface area contributed by atoms with Crippen LogP contribution in [0.5, 0.6) is 11.5 Å². The fraction of sp³-hybridized carbons (Fsp3) is 0.294. The first-order chi connectivity index (χ1) is 10.0. The van der Waals surface area contributed by atoms with Gasteiger partial charge in [0.25, 0.3) is 0 Å². The summed E-state index contributed by atoms with van der Waals surface area (Å²) in [7, 11) is 0. The molecule has 0 bridgehead atoms. The van der Waals surface area contributed by atoms with Gasteiger partial charge in [0, 0.05) is 6.04 Å². The molecule has 2 rings (SSSR count). The zero-order valence-corrected chi connectivity index (χ0v) is 13.8. The minimum absolute atomic E-state index is 0.151. The van der Waals surface area contributed by atoms with Crippen LogP contribution in [0.2, 0.25) is 0 Å². The van der Waals surface area contributed by atoms with Crippen molar-refractivity contribution in [3.8, 4) is 11.5 Å². The number of aryl methyl sites for hydroxylation is 1. The van der Waals surface area contributed by atoms with Crippen molar-refractivity contribution in [2.24, 2.45) is 5.73 Å². The fourth-order valence-electron chi connectivity index (χ4n) is 2.02. The first kappa shape index (κ1) is 16.0. The van der Waals surface area contributed by atoms with E-state index in [-0.39, 0.29) is 17.6 Å². The first-order valence-corrected chi connectivity index (χ1v) is 7.77. The van der Waals surface area contributed by atoms with Gasteiger partial charge in [-0.15, -0.1) is 0 Å². The van der Waals surface area contributed by atoms with Gasteiger partial charge in [-0.05, 0) is 65.0 Å². The third kappa shape index (κ3) is 4.05. The molecule has 1 atom stereocenters. The van der Waals surface area contributed by atoms with Crippen LogP contribution in [0.15, 0.2) is 40.9 Å². The molecule has 0 aliphatic carbocycles. The maximum absolute atomic E-state index is 14.0. The smallest absolute Gasteiger partial charge is 0.168 e. The van der Waals surface area contributed by atoms with Gasteiger partial charge in [0.1, 0.15) is 5.75 Å². The second kappa shape index (κ2) is 7.05. The number of hydrogen-bond acceptors (Lipinski definition) is 2. The lowest BCUT2D eigenvalue weighted by Crippen LogP contribution is -2.21. The van der Waals surface area contributed by atoms with Gasteiger partial charge in [-0.1, -0.05) is 25.1 Å². The summed E-state index contributed by atoms with van der Waals surface area (Å²) < 4.78 is 20.4. The molecule has 0 spiro atoms. The molecule has 0 aliphatic rings. The van der Waals surface area contributed by atoms with E-state index in [0.29, 0.717) is 11.3 Å². The predicted molar refractivity (Wildman–Crippen MR) is 87.3 cm³/mol. The highest BCUT2D eigenvalue weighted by Gasteiger charge is 2.10. The van der Waals surface area contributed by atoms with Crippen LogP contribution in [0.1, 0.15) is 24.5 Å². The van der Waals surface area contributed by atoms with Crippen LogP contribution < -0.4 is 10.5 Å². The van der Waals surface area contributed by atoms with Crippen molar-refractivity contribution in [1.29, 1.82) is 0 Å². The Morgan fingerprint density at radius 2 is 2.00 bits per heavy atom. The molecular formula is C17H19BrFNO. The Kier molecular flexibility index (Phi) is 5.37. The SMILES string of the molecule is CCC(N)Cc1ccc(Oc2cccc(C)c2F)c(Br)c1. The van der Waals surface area contributed by atoms with Crippen LogP contribution in [0.25, 0.3) is 0 Å². The number of hydrogen-bond donors (Lipinski definition) is 1. The average molecular weight is 352 g/mol. The van der Waals surface area contributed by atoms with Gasteiger partial charge in [0.05, 0.1) is 4.47 Å². The summed E-state index contributed by atoms with van der Waals surface area (Å²) in [5.74, 6) is 0.489. The minimum Gasteiger partial charge on any atom is -0.453 e. The van der Waals surface area contributed by atoms with Crippen molar-refractivity contribution in [3.63, 3.8) is 0 Å². The maximum atomic E-state index is 14.0. The van der Waals surface area contributed by atoms with E-state index in [1.807, 2.05) is 18.2 Å². The van der Waals surface area contributed by atoms with E-state index in [9.17, 15) is 4.39 Å². The quantitative estimate of drug-likeness (QED) is 0.825. The molecule has 2 nitrogen and oxygen atoms in total. The first-order valence-electron chi connectivity index (χ1n) is 6.98. The summed E-state index contributed by atoms with van der Waals surface area (Å²) >= 11 is 3.47. The Labute approximate surface area is 133 Å². The fourth-order valence-corrected chi connectivity index (χ4v) is 2.53. The molecule has 0 fully saturated rings. The van der Waals surface area contributed by atoms with Crippen molar-refractivity contribution in [2.45, 2.75) is 32.7 Å². The van der Waals surface area contributed by atoms with E-state index in [1.165, 1.54) is 0 Å². The highest BCUT2D eigenvalue weighted by Crippen LogP contribution is 2.32. The van der Waals surface area contributed by atoms with Gasteiger partial charge in [0.2, 0.25) is 0 Å². The van der Waals surface area contributed by atoms with Crippen molar-refractivity contribution in [1.82, 2.24) is 0 Å². The van der Waals surface area contributed by atoms with Crippen LogP contribution >= 0.6 is 15.9 Å². The topological polar surface area (TPSA) is 35.2 Å². The molecule has 21 heavy (non-hydrogen) atoms. The highest BCUT2D eigenvalue weighted by atomic mass is 79.9. The summed E-state index contributed by atoms with van der Waals surface area (Å²) in [6.07, 6.45) is 1.75. The number of nitrogens with two attached hydrogens (primary N) is 1. The summed E-state index contributed by atoms with van der Waals surface area (Å²) in [5.41, 5.74) is 7.65. The number of halogens is 2. The van der Waals surface area contributed by atoms with Crippen LogP contribution in [0, 0.1) is 12.7 Å². The summed E-state index contributed by atoms with van der Waals surface area (Å²) in [6.45, 7) is 3.78. The Morgan fingerprint density at radius 3 is 2.67 bits per heavy atom. The molecule has 112 valence electrons. The maximum Gasteiger partial charge on any atom is 0.168 e. The lowest BCUT2D eigenvalue weighted by molar-refractivity contribution is 0.437. The van der Waals surface area contributed by atoms with Gasteiger partial charge in [-0.2, -0.15) is 0 Å². The van der Waals surface area contributed by atoms with Crippen molar-refractivity contribution in [2.75, 3.05) is 0 Å². The predicted octanol–water partition coefficient (Wildman–Crippen LogP) is 4.97. The third-order valence-electron chi connectivity index (χ3n) is 3.39. The summed E-state index contributed by atoms with van der Waals surface area (Å²) in [6, 6.07) is 11.0. The highest BCUT2D eigenvalue weighted by molar-refractivity contribution is 9.10. The monoisotopic (exact) mass is 351 g/mol. The molecule has 0 aliphatic heterocycles. The second-order valence-electron chi connectivity index (χ2n) is 5.13. The van der Waals surface area contributed by atoms with E-state index >= 15 is 0 Å². The van der Waals surface area contributed by atoms with E-state index < -0.39 is 0 Å². The van der Waals surface area contributed by atoms with Crippen molar-refractivity contribution < 1.29 is 9.13 Å². The van der Waals surface area contributed by atoms with Crippen LogP contribution in [-0.4, -0.2) is 6.04 Å². The molecule has 0 amide bonds. The van der Waals surface area contributed by atoms with E-state index in [0.717, 1.165) is 22.9 Å². The molecule has 0 aromatic heterocycles. The van der Waals surface area contributed by atoms with Crippen molar-refractivity contribution >= 4 is 15.9 Å². The molecule has 4 heteroatoms. The molecule has 2 aromatic rings. The molecule has 2 aromatic carbocycles. The summed E-state index contributed by atoms with van der Waals surface area (Å²) in [5, 5.41) is 0. The molecule has 2 N–H and O–H groups in total. The third-order valence-corrected chi connectivity index (χ3v) is 4.01. The zero-order valence-electron chi connectivity index (χ0n) is 12.2. The lowest BCUT2D eigenvalue weighted by atomic mass is 10.0. The number of ether oxygens (including phenoxy) is 1. The Bertz CT molecular complexity index is 630. The molecule has 0 heterocycles. The van der Waals surface area contributed by atoms with Crippen LogP contribution in [0.4, 0.5) is 4.39 Å². The molecule has 0 saturated carbocycles.